The Bertz CT molecular complexity index is 839. The molecule has 1 aliphatic heterocycles. The molecule has 0 saturated heterocycles. The first-order valence-electron chi connectivity index (χ1n) is 7.59. The smallest absolute Gasteiger partial charge is 0.224 e. The zero-order chi connectivity index (χ0) is 16.4. The lowest BCUT2D eigenvalue weighted by Crippen LogP contribution is -2.19. The predicted molar refractivity (Wildman–Crippen MR) is 90.9 cm³/mol. The number of aryl methyl sites for hydroxylation is 2. The average molecular weight is 329 g/mol. The Balaban J connectivity index is 1.75. The monoisotopic (exact) mass is 329 g/mol. The summed E-state index contributed by atoms with van der Waals surface area (Å²) in [6.45, 7) is 1.98. The molecule has 0 fully saturated rings. The van der Waals surface area contributed by atoms with E-state index in [0.717, 1.165) is 27.9 Å². The van der Waals surface area contributed by atoms with Crippen LogP contribution in [0, 0.1) is 6.92 Å². The molecule has 4 nitrogen and oxygen atoms in total. The number of rotatable bonds is 4. The van der Waals surface area contributed by atoms with Crippen molar-refractivity contribution in [3.05, 3.63) is 64.7 Å². The van der Waals surface area contributed by atoms with Gasteiger partial charge in [-0.05, 0) is 36.1 Å². The van der Waals surface area contributed by atoms with Crippen LogP contribution in [0.5, 0.6) is 0 Å². The quantitative estimate of drug-likeness (QED) is 0.938. The molecule has 1 amide bonds. The van der Waals surface area contributed by atoms with Crippen molar-refractivity contribution >= 4 is 21.4 Å². The molecule has 2 aromatic carbocycles. The van der Waals surface area contributed by atoms with E-state index in [0.29, 0.717) is 12.8 Å². The van der Waals surface area contributed by atoms with Crippen LogP contribution in [-0.2, 0) is 32.6 Å². The fourth-order valence-corrected chi connectivity index (χ4v) is 4.26. The third-order valence-corrected chi connectivity index (χ3v) is 5.51. The number of fused-ring (bicyclic) bond motifs is 1. The molecular formula is C18H19NO3S. The minimum absolute atomic E-state index is 0.0113. The Hall–Kier alpha value is -2.14. The van der Waals surface area contributed by atoms with Gasteiger partial charge >= 0.3 is 0 Å². The van der Waals surface area contributed by atoms with Crippen LogP contribution in [0.25, 0.3) is 0 Å². The number of hydrogen-bond donors (Lipinski definition) is 1. The van der Waals surface area contributed by atoms with Crippen molar-refractivity contribution in [2.45, 2.75) is 31.3 Å². The molecule has 0 aliphatic carbocycles. The summed E-state index contributed by atoms with van der Waals surface area (Å²) in [4.78, 5) is 11.4. The number of anilines is 1. The highest BCUT2D eigenvalue weighted by Gasteiger charge is 2.17. The highest BCUT2D eigenvalue weighted by Crippen LogP contribution is 2.25. The van der Waals surface area contributed by atoms with E-state index in [4.69, 9.17) is 0 Å². The van der Waals surface area contributed by atoms with Crippen molar-refractivity contribution in [1.82, 2.24) is 0 Å². The van der Waals surface area contributed by atoms with Gasteiger partial charge in [-0.25, -0.2) is 8.42 Å². The molecular weight excluding hydrogens is 310 g/mol. The second-order valence-electron chi connectivity index (χ2n) is 6.06. The average Bonchev–Trinajstić information content (AvgIpc) is 2.49. The van der Waals surface area contributed by atoms with E-state index in [-0.39, 0.29) is 17.4 Å². The minimum Gasteiger partial charge on any atom is -0.326 e. The van der Waals surface area contributed by atoms with Gasteiger partial charge in [0.25, 0.3) is 0 Å². The second-order valence-corrected chi connectivity index (χ2v) is 8.12. The van der Waals surface area contributed by atoms with E-state index >= 15 is 0 Å². The van der Waals surface area contributed by atoms with Crippen LogP contribution in [0.15, 0.2) is 42.5 Å². The number of benzene rings is 2. The molecule has 23 heavy (non-hydrogen) atoms. The molecule has 1 N–H and O–H groups in total. The zero-order valence-corrected chi connectivity index (χ0v) is 13.8. The summed E-state index contributed by atoms with van der Waals surface area (Å²) < 4.78 is 24.8. The predicted octanol–water partition coefficient (Wildman–Crippen LogP) is 2.99. The number of carbonyl (C=O) groups is 1. The van der Waals surface area contributed by atoms with Gasteiger partial charge in [0.2, 0.25) is 5.91 Å². The lowest BCUT2D eigenvalue weighted by Gasteiger charge is -2.17. The van der Waals surface area contributed by atoms with E-state index < -0.39 is 9.84 Å². The van der Waals surface area contributed by atoms with E-state index in [1.54, 1.807) is 12.1 Å². The second kappa shape index (κ2) is 6.16. The van der Waals surface area contributed by atoms with Gasteiger partial charge in [0.15, 0.2) is 9.84 Å². The normalized spacial score (nSPS) is 14.2. The summed E-state index contributed by atoms with van der Waals surface area (Å²) >= 11 is 0. The first-order chi connectivity index (χ1) is 10.9. The molecule has 0 unspecified atom stereocenters. The SMILES string of the molecule is Cc1ccc(CS(=O)(=O)Cc2ccc3c(c2)CCC(=O)N3)cc1. The van der Waals surface area contributed by atoms with Crippen molar-refractivity contribution in [2.75, 3.05) is 5.32 Å². The van der Waals surface area contributed by atoms with Crippen LogP contribution >= 0.6 is 0 Å². The van der Waals surface area contributed by atoms with Crippen LogP contribution in [0.4, 0.5) is 5.69 Å². The van der Waals surface area contributed by atoms with Gasteiger partial charge in [0.1, 0.15) is 0 Å². The molecule has 5 heteroatoms. The largest absolute Gasteiger partial charge is 0.326 e. The Morgan fingerprint density at radius 1 is 0.957 bits per heavy atom. The van der Waals surface area contributed by atoms with Gasteiger partial charge in [0.05, 0.1) is 11.5 Å². The van der Waals surface area contributed by atoms with Crippen molar-refractivity contribution in [2.24, 2.45) is 0 Å². The lowest BCUT2D eigenvalue weighted by atomic mass is 10.0. The van der Waals surface area contributed by atoms with Crippen LogP contribution in [-0.4, -0.2) is 14.3 Å². The Kier molecular flexibility index (Phi) is 4.22. The van der Waals surface area contributed by atoms with Gasteiger partial charge in [-0.15, -0.1) is 0 Å². The topological polar surface area (TPSA) is 63.2 Å². The van der Waals surface area contributed by atoms with Gasteiger partial charge in [-0.1, -0.05) is 42.0 Å². The molecule has 1 heterocycles. The number of amides is 1. The first kappa shape index (κ1) is 15.7. The van der Waals surface area contributed by atoms with E-state index in [1.807, 2.05) is 37.3 Å². The Morgan fingerprint density at radius 2 is 1.61 bits per heavy atom. The summed E-state index contributed by atoms with van der Waals surface area (Å²) in [5, 5.41) is 2.81. The van der Waals surface area contributed by atoms with Gasteiger partial charge < -0.3 is 5.32 Å². The molecule has 1 aliphatic rings. The molecule has 0 aromatic heterocycles. The molecule has 0 radical (unpaired) electrons. The third-order valence-electron chi connectivity index (χ3n) is 3.96. The van der Waals surface area contributed by atoms with E-state index in [1.165, 1.54) is 0 Å². The molecule has 0 bridgehead atoms. The number of carbonyl (C=O) groups excluding carboxylic acids is 1. The molecule has 0 spiro atoms. The van der Waals surface area contributed by atoms with Crippen molar-refractivity contribution < 1.29 is 13.2 Å². The molecule has 3 rings (SSSR count). The number of nitrogens with one attached hydrogen (secondary N) is 1. The minimum atomic E-state index is -3.23. The fraction of sp³-hybridized carbons (Fsp3) is 0.278. The summed E-state index contributed by atoms with van der Waals surface area (Å²) in [5.41, 5.74) is 4.49. The van der Waals surface area contributed by atoms with E-state index in [2.05, 4.69) is 5.32 Å². The van der Waals surface area contributed by atoms with Crippen molar-refractivity contribution in [3.63, 3.8) is 0 Å². The van der Waals surface area contributed by atoms with Crippen LogP contribution in [0.1, 0.15) is 28.7 Å². The molecule has 0 saturated carbocycles. The maximum Gasteiger partial charge on any atom is 0.224 e. The fourth-order valence-electron chi connectivity index (χ4n) is 2.77. The Morgan fingerprint density at radius 3 is 2.35 bits per heavy atom. The molecule has 120 valence electrons. The number of sulfone groups is 1. The van der Waals surface area contributed by atoms with Crippen LogP contribution < -0.4 is 5.32 Å². The molecule has 2 aromatic rings. The summed E-state index contributed by atoms with van der Waals surface area (Å²) in [6.07, 6.45) is 1.11. The summed E-state index contributed by atoms with van der Waals surface area (Å²) in [7, 11) is -3.23. The maximum atomic E-state index is 12.4. The number of hydrogen-bond acceptors (Lipinski definition) is 3. The highest BCUT2D eigenvalue weighted by molar-refractivity contribution is 7.89. The highest BCUT2D eigenvalue weighted by atomic mass is 32.2. The zero-order valence-electron chi connectivity index (χ0n) is 13.0. The standard InChI is InChI=1S/C18H19NO3S/c1-13-2-4-14(5-3-13)11-23(21,22)12-15-6-8-17-16(10-15)7-9-18(20)19-17/h2-6,8,10H,7,9,11-12H2,1H3,(H,19,20). The van der Waals surface area contributed by atoms with E-state index in [9.17, 15) is 13.2 Å². The molecule has 0 atom stereocenters. The summed E-state index contributed by atoms with van der Waals surface area (Å²) in [6, 6.07) is 13.0. The van der Waals surface area contributed by atoms with Crippen LogP contribution in [0.2, 0.25) is 0 Å². The van der Waals surface area contributed by atoms with Crippen LogP contribution in [0.3, 0.4) is 0 Å². The maximum absolute atomic E-state index is 12.4. The first-order valence-corrected chi connectivity index (χ1v) is 9.41. The lowest BCUT2D eigenvalue weighted by molar-refractivity contribution is -0.116. The van der Waals surface area contributed by atoms with Gasteiger partial charge in [-0.2, -0.15) is 0 Å². The van der Waals surface area contributed by atoms with Crippen molar-refractivity contribution in [3.8, 4) is 0 Å². The summed E-state index contributed by atoms with van der Waals surface area (Å²) in [5.74, 6) is 0.0701. The van der Waals surface area contributed by atoms with Crippen molar-refractivity contribution in [1.29, 1.82) is 0 Å². The van der Waals surface area contributed by atoms with Gasteiger partial charge in [-0.3, -0.25) is 4.79 Å². The van der Waals surface area contributed by atoms with Gasteiger partial charge in [0, 0.05) is 12.1 Å². The Labute approximate surface area is 136 Å². The third kappa shape index (κ3) is 3.99.